The van der Waals surface area contributed by atoms with Crippen molar-refractivity contribution in [1.29, 1.82) is 0 Å². The first-order valence-electron chi connectivity index (χ1n) is 10.1. The Morgan fingerprint density at radius 2 is 1.83 bits per heavy atom. The van der Waals surface area contributed by atoms with E-state index in [1.54, 1.807) is 19.1 Å². The van der Waals surface area contributed by atoms with Crippen LogP contribution in [0, 0.1) is 11.8 Å². The zero-order valence-corrected chi connectivity index (χ0v) is 18.5. The van der Waals surface area contributed by atoms with Crippen molar-refractivity contribution in [2.24, 2.45) is 0 Å². The van der Waals surface area contributed by atoms with Crippen molar-refractivity contribution in [2.45, 2.75) is 62.3 Å². The number of carbonyl (C=O) groups excluding carboxylic acids is 1. The van der Waals surface area contributed by atoms with Crippen LogP contribution in [-0.4, -0.2) is 55.3 Å². The van der Waals surface area contributed by atoms with Crippen LogP contribution in [0.4, 0.5) is 4.79 Å². The molecule has 0 aliphatic carbocycles. The molecule has 1 heterocycles. The summed E-state index contributed by atoms with van der Waals surface area (Å²) in [6.07, 6.45) is 0.955. The molecule has 0 unspecified atom stereocenters. The standard InChI is InChI=1S/C21H30N2O6S/c1-4-7-16-28-18-8-10-19(11-9-18)30(26,27)21(29-20(24)22-25)12-14-23(15-13-21)17(5-2)6-3/h8-11,17,25H,5-6,12-16H2,1-3H3,(H,22,24). The predicted octanol–water partition coefficient (Wildman–Crippen LogP) is 2.96. The number of ether oxygens (including phenoxy) is 2. The van der Waals surface area contributed by atoms with Crippen LogP contribution in [0.15, 0.2) is 29.2 Å². The quantitative estimate of drug-likeness (QED) is 0.365. The van der Waals surface area contributed by atoms with E-state index in [9.17, 15) is 13.2 Å². The first-order valence-corrected chi connectivity index (χ1v) is 11.6. The zero-order valence-electron chi connectivity index (χ0n) is 17.7. The van der Waals surface area contributed by atoms with Gasteiger partial charge in [0.2, 0.25) is 14.8 Å². The fraction of sp³-hybridized carbons (Fsp3) is 0.571. The molecule has 2 rings (SSSR count). The highest BCUT2D eigenvalue weighted by Crippen LogP contribution is 2.38. The van der Waals surface area contributed by atoms with E-state index in [2.05, 4.69) is 30.6 Å². The molecule has 1 aliphatic heterocycles. The molecule has 166 valence electrons. The second-order valence-corrected chi connectivity index (χ2v) is 9.33. The number of likely N-dealkylation sites (tertiary alicyclic amines) is 1. The number of piperidine rings is 1. The van der Waals surface area contributed by atoms with Crippen molar-refractivity contribution >= 4 is 15.9 Å². The van der Waals surface area contributed by atoms with Crippen LogP contribution >= 0.6 is 0 Å². The predicted molar refractivity (Wildman–Crippen MR) is 112 cm³/mol. The number of hydroxylamine groups is 1. The lowest BCUT2D eigenvalue weighted by Crippen LogP contribution is -2.54. The summed E-state index contributed by atoms with van der Waals surface area (Å²) >= 11 is 0. The number of rotatable bonds is 8. The largest absolute Gasteiger partial charge is 0.481 e. The summed E-state index contributed by atoms with van der Waals surface area (Å²) in [7, 11) is -4.04. The van der Waals surface area contributed by atoms with Gasteiger partial charge >= 0.3 is 6.09 Å². The van der Waals surface area contributed by atoms with Gasteiger partial charge in [0.15, 0.2) is 0 Å². The lowest BCUT2D eigenvalue weighted by molar-refractivity contribution is -0.00693. The Bertz CT molecular complexity index is 861. The third kappa shape index (κ3) is 5.25. The van der Waals surface area contributed by atoms with Crippen molar-refractivity contribution in [1.82, 2.24) is 10.4 Å². The number of hydrogen-bond donors (Lipinski definition) is 2. The first kappa shape index (κ1) is 24.0. The minimum atomic E-state index is -4.04. The topological polar surface area (TPSA) is 105 Å². The molecule has 0 saturated carbocycles. The Balaban J connectivity index is 2.29. The Kier molecular flexibility index (Phi) is 8.53. The van der Waals surface area contributed by atoms with E-state index in [4.69, 9.17) is 14.7 Å². The smallest absolute Gasteiger partial charge is 0.432 e. The van der Waals surface area contributed by atoms with Crippen molar-refractivity contribution in [2.75, 3.05) is 19.7 Å². The highest BCUT2D eigenvalue weighted by Gasteiger charge is 2.51. The van der Waals surface area contributed by atoms with E-state index in [1.807, 2.05) is 0 Å². The normalized spacial score (nSPS) is 16.4. The van der Waals surface area contributed by atoms with E-state index in [-0.39, 0.29) is 24.3 Å². The van der Waals surface area contributed by atoms with Gasteiger partial charge in [0, 0.05) is 32.0 Å². The Hall–Kier alpha value is -2.28. The van der Waals surface area contributed by atoms with Gasteiger partial charge in [-0.2, -0.15) is 0 Å². The number of nitrogens with zero attached hydrogens (tertiary/aromatic N) is 1. The van der Waals surface area contributed by atoms with Crippen LogP contribution in [0.3, 0.4) is 0 Å². The molecule has 1 aromatic rings. The Labute approximate surface area is 178 Å². The molecule has 1 saturated heterocycles. The SMILES string of the molecule is CC#CCOc1ccc(S(=O)(=O)C2(OC(=O)NO)CCN(C(CC)CC)CC2)cc1. The van der Waals surface area contributed by atoms with E-state index in [0.717, 1.165) is 12.8 Å². The number of benzene rings is 1. The lowest BCUT2D eigenvalue weighted by atomic mass is 10.0. The number of nitrogens with one attached hydrogen (secondary N) is 1. The van der Waals surface area contributed by atoms with E-state index < -0.39 is 20.9 Å². The van der Waals surface area contributed by atoms with Crippen LogP contribution in [0.25, 0.3) is 0 Å². The highest BCUT2D eigenvalue weighted by atomic mass is 32.2. The molecule has 30 heavy (non-hydrogen) atoms. The van der Waals surface area contributed by atoms with Crippen molar-refractivity contribution in [3.05, 3.63) is 24.3 Å². The molecule has 1 fully saturated rings. The van der Waals surface area contributed by atoms with Crippen molar-refractivity contribution in [3.63, 3.8) is 0 Å². The molecule has 0 radical (unpaired) electrons. The number of amides is 1. The molecule has 0 aromatic heterocycles. The second-order valence-electron chi connectivity index (χ2n) is 7.11. The van der Waals surface area contributed by atoms with Crippen LogP contribution in [-0.2, 0) is 14.6 Å². The van der Waals surface area contributed by atoms with Crippen molar-refractivity contribution in [3.8, 4) is 17.6 Å². The van der Waals surface area contributed by atoms with Gasteiger partial charge in [-0.1, -0.05) is 19.8 Å². The van der Waals surface area contributed by atoms with Crippen LogP contribution in [0.1, 0.15) is 46.5 Å². The number of hydrogen-bond acceptors (Lipinski definition) is 7. The van der Waals surface area contributed by atoms with Crippen LogP contribution in [0.5, 0.6) is 5.75 Å². The Morgan fingerprint density at radius 1 is 1.23 bits per heavy atom. The van der Waals surface area contributed by atoms with Gasteiger partial charge in [-0.3, -0.25) is 5.21 Å². The molecule has 0 atom stereocenters. The monoisotopic (exact) mass is 438 g/mol. The molecule has 9 heteroatoms. The fourth-order valence-electron chi connectivity index (χ4n) is 3.77. The Morgan fingerprint density at radius 3 is 2.33 bits per heavy atom. The molecule has 0 bridgehead atoms. The fourth-order valence-corrected chi connectivity index (χ4v) is 5.60. The first-order chi connectivity index (χ1) is 14.3. The third-order valence-corrected chi connectivity index (χ3v) is 7.86. The molecular weight excluding hydrogens is 408 g/mol. The number of carbonyl (C=O) groups is 1. The average molecular weight is 439 g/mol. The molecule has 1 aromatic carbocycles. The molecule has 2 N–H and O–H groups in total. The highest BCUT2D eigenvalue weighted by molar-refractivity contribution is 7.92. The van der Waals surface area contributed by atoms with Crippen LogP contribution < -0.4 is 10.2 Å². The molecule has 8 nitrogen and oxygen atoms in total. The maximum atomic E-state index is 13.5. The zero-order chi connectivity index (χ0) is 22.2. The van der Waals surface area contributed by atoms with Gasteiger partial charge in [-0.05, 0) is 44.0 Å². The second kappa shape index (κ2) is 10.7. The summed E-state index contributed by atoms with van der Waals surface area (Å²) < 4.78 is 37.7. The summed E-state index contributed by atoms with van der Waals surface area (Å²) in [4.78, 5) is 12.3. The van der Waals surface area contributed by atoms with Gasteiger partial charge in [-0.25, -0.2) is 18.7 Å². The minimum absolute atomic E-state index is 0.0261. The van der Waals surface area contributed by atoms with Gasteiger partial charge in [0.05, 0.1) is 4.90 Å². The van der Waals surface area contributed by atoms with Gasteiger partial charge in [0.25, 0.3) is 0 Å². The van der Waals surface area contributed by atoms with Gasteiger partial charge in [0.1, 0.15) is 12.4 Å². The van der Waals surface area contributed by atoms with Gasteiger partial charge < -0.3 is 14.4 Å². The molecular formula is C21H30N2O6S. The molecule has 1 aliphatic rings. The van der Waals surface area contributed by atoms with E-state index in [0.29, 0.717) is 24.9 Å². The van der Waals surface area contributed by atoms with E-state index >= 15 is 0 Å². The maximum Gasteiger partial charge on any atom is 0.432 e. The average Bonchev–Trinajstić information content (AvgIpc) is 2.76. The summed E-state index contributed by atoms with van der Waals surface area (Å²) in [5.41, 5.74) is 1.38. The third-order valence-electron chi connectivity index (χ3n) is 5.50. The summed E-state index contributed by atoms with van der Waals surface area (Å²) in [5.74, 6) is 5.97. The van der Waals surface area contributed by atoms with Gasteiger partial charge in [-0.15, -0.1) is 5.92 Å². The number of sulfone groups is 1. The summed E-state index contributed by atoms with van der Waals surface area (Å²) in [6.45, 7) is 7.05. The van der Waals surface area contributed by atoms with Crippen molar-refractivity contribution < 1.29 is 27.9 Å². The minimum Gasteiger partial charge on any atom is -0.481 e. The maximum absolute atomic E-state index is 13.5. The summed E-state index contributed by atoms with van der Waals surface area (Å²) in [5, 5.41) is 8.91. The lowest BCUT2D eigenvalue weighted by Gasteiger charge is -2.42. The van der Waals surface area contributed by atoms with Crippen LogP contribution in [0.2, 0.25) is 0 Å². The van der Waals surface area contributed by atoms with E-state index in [1.165, 1.54) is 17.6 Å². The molecule has 0 spiro atoms. The molecule has 1 amide bonds. The summed E-state index contributed by atoms with van der Waals surface area (Å²) in [6, 6.07) is 6.30.